The van der Waals surface area contributed by atoms with Gasteiger partial charge in [-0.2, -0.15) is 0 Å². The molecule has 6 nitrogen and oxygen atoms in total. The van der Waals surface area contributed by atoms with E-state index >= 15 is 0 Å². The number of hydrogen-bond donors (Lipinski definition) is 0. The first-order valence-corrected chi connectivity index (χ1v) is 8.84. The second-order valence-corrected chi connectivity index (χ2v) is 6.81. The fraction of sp³-hybridized carbons (Fsp3) is 0.421. The third-order valence-corrected chi connectivity index (χ3v) is 5.11. The summed E-state index contributed by atoms with van der Waals surface area (Å²) in [6, 6.07) is 12.3. The minimum Gasteiger partial charge on any atom is -0.350 e. The second-order valence-electron chi connectivity index (χ2n) is 6.81. The van der Waals surface area contributed by atoms with Crippen LogP contribution in [0.1, 0.15) is 21.6 Å². The summed E-state index contributed by atoms with van der Waals surface area (Å²) in [5.74, 6) is 0.820. The van der Waals surface area contributed by atoms with Crippen molar-refractivity contribution in [2.45, 2.75) is 13.0 Å². The standard InChI is InChI=1S/C19H23N5O/c1-22-10-12-23(13-11-22)19(25)17-6-7-18(21-20-17)24-9-8-15-4-2-3-5-16(15)14-24/h2-7H,8-14H2,1H3. The number of benzene rings is 1. The summed E-state index contributed by atoms with van der Waals surface area (Å²) in [7, 11) is 2.08. The lowest BCUT2D eigenvalue weighted by molar-refractivity contribution is 0.0657. The van der Waals surface area contributed by atoms with E-state index in [9.17, 15) is 4.79 Å². The normalized spacial score (nSPS) is 18.1. The van der Waals surface area contributed by atoms with Crippen LogP contribution >= 0.6 is 0 Å². The molecular weight excluding hydrogens is 314 g/mol. The Balaban J connectivity index is 1.45. The SMILES string of the molecule is CN1CCN(C(=O)c2ccc(N3CCc4ccccc4C3)nn2)CC1. The maximum absolute atomic E-state index is 12.5. The van der Waals surface area contributed by atoms with Crippen molar-refractivity contribution in [3.8, 4) is 0 Å². The first-order valence-electron chi connectivity index (χ1n) is 8.84. The second kappa shape index (κ2) is 6.80. The van der Waals surface area contributed by atoms with Crippen LogP contribution in [0.4, 0.5) is 5.82 Å². The van der Waals surface area contributed by atoms with Gasteiger partial charge in [0.2, 0.25) is 0 Å². The fourth-order valence-electron chi connectivity index (χ4n) is 3.47. The highest BCUT2D eigenvalue weighted by Crippen LogP contribution is 2.22. The molecule has 1 saturated heterocycles. The quantitative estimate of drug-likeness (QED) is 0.830. The maximum Gasteiger partial charge on any atom is 0.274 e. The lowest BCUT2D eigenvalue weighted by Crippen LogP contribution is -2.47. The molecule has 1 amide bonds. The minimum absolute atomic E-state index is 0.0175. The molecule has 6 heteroatoms. The summed E-state index contributed by atoms with van der Waals surface area (Å²) < 4.78 is 0. The number of aromatic nitrogens is 2. The van der Waals surface area contributed by atoms with Gasteiger partial charge in [0.1, 0.15) is 0 Å². The number of nitrogens with zero attached hydrogens (tertiary/aromatic N) is 5. The lowest BCUT2D eigenvalue weighted by atomic mass is 10.00. The van der Waals surface area contributed by atoms with E-state index in [4.69, 9.17) is 0 Å². The van der Waals surface area contributed by atoms with Crippen LogP contribution in [0.2, 0.25) is 0 Å². The zero-order valence-corrected chi connectivity index (χ0v) is 14.6. The number of rotatable bonds is 2. The molecule has 3 heterocycles. The van der Waals surface area contributed by atoms with Gasteiger partial charge in [0, 0.05) is 39.3 Å². The summed E-state index contributed by atoms with van der Waals surface area (Å²) in [6.07, 6.45) is 1.01. The number of amides is 1. The molecule has 0 N–H and O–H groups in total. The maximum atomic E-state index is 12.5. The molecule has 0 spiro atoms. The summed E-state index contributed by atoms with van der Waals surface area (Å²) >= 11 is 0. The molecule has 0 saturated carbocycles. The van der Waals surface area contributed by atoms with Crippen molar-refractivity contribution in [1.29, 1.82) is 0 Å². The zero-order valence-electron chi connectivity index (χ0n) is 14.6. The summed E-state index contributed by atoms with van der Waals surface area (Å²) in [5, 5.41) is 8.53. The van der Waals surface area contributed by atoms with Crippen LogP contribution in [0.15, 0.2) is 36.4 Å². The Bertz CT molecular complexity index is 753. The fourth-order valence-corrected chi connectivity index (χ4v) is 3.47. The van der Waals surface area contributed by atoms with Crippen molar-refractivity contribution >= 4 is 11.7 Å². The smallest absolute Gasteiger partial charge is 0.274 e. The number of likely N-dealkylation sites (N-methyl/N-ethyl adjacent to an activating group) is 1. The number of carbonyl (C=O) groups is 1. The van der Waals surface area contributed by atoms with E-state index < -0.39 is 0 Å². The number of carbonyl (C=O) groups excluding carboxylic acids is 1. The van der Waals surface area contributed by atoms with Gasteiger partial charge in [-0.1, -0.05) is 24.3 Å². The average Bonchev–Trinajstić information content (AvgIpc) is 2.68. The van der Waals surface area contributed by atoms with Crippen LogP contribution in [0.5, 0.6) is 0 Å². The topological polar surface area (TPSA) is 52.6 Å². The zero-order chi connectivity index (χ0) is 17.2. The van der Waals surface area contributed by atoms with Crippen molar-refractivity contribution in [2.24, 2.45) is 0 Å². The van der Waals surface area contributed by atoms with Crippen molar-refractivity contribution < 1.29 is 4.79 Å². The molecule has 0 aliphatic carbocycles. The third-order valence-electron chi connectivity index (χ3n) is 5.11. The van der Waals surface area contributed by atoms with Gasteiger partial charge in [0.25, 0.3) is 5.91 Å². The van der Waals surface area contributed by atoms with E-state index in [2.05, 4.69) is 51.3 Å². The van der Waals surface area contributed by atoms with Crippen molar-refractivity contribution in [3.63, 3.8) is 0 Å². The van der Waals surface area contributed by atoms with Crippen molar-refractivity contribution in [2.75, 3.05) is 44.7 Å². The van der Waals surface area contributed by atoms with Gasteiger partial charge in [-0.25, -0.2) is 0 Å². The largest absolute Gasteiger partial charge is 0.350 e. The Morgan fingerprint density at radius 1 is 0.920 bits per heavy atom. The highest BCUT2D eigenvalue weighted by Gasteiger charge is 2.22. The molecule has 1 fully saturated rings. The molecule has 0 bridgehead atoms. The molecule has 1 aromatic heterocycles. The molecule has 0 atom stereocenters. The van der Waals surface area contributed by atoms with E-state index in [1.54, 1.807) is 0 Å². The predicted octanol–water partition coefficient (Wildman–Crippen LogP) is 1.43. The average molecular weight is 337 g/mol. The van der Waals surface area contributed by atoms with Gasteiger partial charge in [0.15, 0.2) is 11.5 Å². The van der Waals surface area contributed by atoms with Crippen molar-refractivity contribution in [3.05, 3.63) is 53.2 Å². The third kappa shape index (κ3) is 3.35. The highest BCUT2D eigenvalue weighted by atomic mass is 16.2. The number of fused-ring (bicyclic) bond motifs is 1. The van der Waals surface area contributed by atoms with Crippen LogP contribution < -0.4 is 4.90 Å². The minimum atomic E-state index is -0.0175. The van der Waals surface area contributed by atoms with Gasteiger partial charge in [0.05, 0.1) is 0 Å². The first-order chi connectivity index (χ1) is 12.2. The van der Waals surface area contributed by atoms with E-state index in [-0.39, 0.29) is 5.91 Å². The molecule has 2 aromatic rings. The molecule has 2 aliphatic heterocycles. The molecule has 0 radical (unpaired) electrons. The Morgan fingerprint density at radius 3 is 2.40 bits per heavy atom. The summed E-state index contributed by atoms with van der Waals surface area (Å²) in [4.78, 5) is 18.9. The highest BCUT2D eigenvalue weighted by molar-refractivity contribution is 5.92. The Labute approximate surface area is 148 Å². The number of hydrogen-bond acceptors (Lipinski definition) is 5. The van der Waals surface area contributed by atoms with Gasteiger partial charge < -0.3 is 14.7 Å². The van der Waals surface area contributed by atoms with E-state index in [1.807, 2.05) is 17.0 Å². The molecular formula is C19H23N5O. The number of anilines is 1. The Kier molecular flexibility index (Phi) is 4.36. The van der Waals surface area contributed by atoms with Gasteiger partial charge in [-0.15, -0.1) is 10.2 Å². The van der Waals surface area contributed by atoms with E-state index in [0.717, 1.165) is 51.5 Å². The van der Waals surface area contributed by atoms with E-state index in [1.165, 1.54) is 11.1 Å². The number of piperazine rings is 1. The molecule has 4 rings (SSSR count). The molecule has 1 aromatic carbocycles. The molecule has 25 heavy (non-hydrogen) atoms. The predicted molar refractivity (Wildman–Crippen MR) is 96.6 cm³/mol. The lowest BCUT2D eigenvalue weighted by Gasteiger charge is -2.32. The van der Waals surface area contributed by atoms with Gasteiger partial charge in [-0.3, -0.25) is 4.79 Å². The Hall–Kier alpha value is -2.47. The molecule has 130 valence electrons. The summed E-state index contributed by atoms with van der Waals surface area (Å²) in [5.41, 5.74) is 3.19. The van der Waals surface area contributed by atoms with Crippen LogP contribution in [0.3, 0.4) is 0 Å². The van der Waals surface area contributed by atoms with Gasteiger partial charge >= 0.3 is 0 Å². The van der Waals surface area contributed by atoms with Crippen LogP contribution in [-0.2, 0) is 13.0 Å². The van der Waals surface area contributed by atoms with Crippen LogP contribution in [0, 0.1) is 0 Å². The Morgan fingerprint density at radius 2 is 1.68 bits per heavy atom. The van der Waals surface area contributed by atoms with Crippen LogP contribution in [0.25, 0.3) is 0 Å². The van der Waals surface area contributed by atoms with Crippen LogP contribution in [-0.4, -0.2) is 65.7 Å². The first kappa shape index (κ1) is 16.0. The van der Waals surface area contributed by atoms with E-state index in [0.29, 0.717) is 5.69 Å². The molecule has 0 unspecified atom stereocenters. The van der Waals surface area contributed by atoms with Crippen molar-refractivity contribution in [1.82, 2.24) is 20.0 Å². The molecule has 2 aliphatic rings. The monoisotopic (exact) mass is 337 g/mol. The van der Waals surface area contributed by atoms with Gasteiger partial charge in [-0.05, 0) is 36.7 Å². The summed E-state index contributed by atoms with van der Waals surface area (Å²) in [6.45, 7) is 5.09.